The maximum atomic E-state index is 4.38. The van der Waals surface area contributed by atoms with Crippen LogP contribution in [0.5, 0.6) is 0 Å². The third kappa shape index (κ3) is 2.58. The molecular weight excluding hydrogens is 240 g/mol. The van der Waals surface area contributed by atoms with Gasteiger partial charge in [-0.15, -0.1) is 0 Å². The molecule has 1 N–H and O–H groups in total. The molecule has 2 heterocycles. The van der Waals surface area contributed by atoms with Crippen molar-refractivity contribution in [2.45, 2.75) is 22.3 Å². The summed E-state index contributed by atoms with van der Waals surface area (Å²) in [5, 5.41) is 4.20. The number of hydrogen-bond donors (Lipinski definition) is 1. The van der Waals surface area contributed by atoms with Crippen molar-refractivity contribution in [1.29, 1.82) is 0 Å². The van der Waals surface area contributed by atoms with Crippen LogP contribution in [0.4, 0.5) is 0 Å². The van der Waals surface area contributed by atoms with Gasteiger partial charge in [-0.1, -0.05) is 6.07 Å². The van der Waals surface area contributed by atoms with Crippen LogP contribution in [-0.4, -0.2) is 21.4 Å². The lowest BCUT2D eigenvalue weighted by molar-refractivity contribution is 0.634. The van der Waals surface area contributed by atoms with Crippen molar-refractivity contribution in [3.05, 3.63) is 30.2 Å². The normalized spacial score (nSPS) is 12.6. The van der Waals surface area contributed by atoms with E-state index in [0.29, 0.717) is 0 Å². The Kier molecular flexibility index (Phi) is 3.87. The summed E-state index contributed by atoms with van der Waals surface area (Å²) in [6.07, 6.45) is 3.37. The predicted molar refractivity (Wildman–Crippen MR) is 65.7 cm³/mol. The van der Waals surface area contributed by atoms with Gasteiger partial charge in [-0.2, -0.15) is 4.37 Å². The van der Waals surface area contributed by atoms with Gasteiger partial charge in [-0.3, -0.25) is 0 Å². The first-order valence-corrected chi connectivity index (χ1v) is 6.47. The molecule has 0 fully saturated rings. The standard InChI is InChI=1S/C10H12N4S2/c1-7(11-2)8-4-3-5-12-9(8)15-10-13-6-14-16-10/h3-7,11H,1-2H3. The minimum atomic E-state index is 0.282. The number of hydrogen-bond acceptors (Lipinski definition) is 6. The Labute approximate surface area is 103 Å². The van der Waals surface area contributed by atoms with E-state index in [1.165, 1.54) is 17.1 Å². The summed E-state index contributed by atoms with van der Waals surface area (Å²) >= 11 is 2.95. The number of nitrogens with zero attached hydrogens (tertiary/aromatic N) is 3. The first-order chi connectivity index (χ1) is 7.81. The number of aromatic nitrogens is 3. The fourth-order valence-electron chi connectivity index (χ4n) is 1.26. The molecule has 0 amide bonds. The Hall–Kier alpha value is -0.980. The highest BCUT2D eigenvalue weighted by Crippen LogP contribution is 2.31. The molecule has 84 valence electrons. The van der Waals surface area contributed by atoms with E-state index in [9.17, 15) is 0 Å². The van der Waals surface area contributed by atoms with Crippen molar-refractivity contribution < 1.29 is 0 Å². The van der Waals surface area contributed by atoms with Crippen molar-refractivity contribution >= 4 is 23.3 Å². The predicted octanol–water partition coefficient (Wildman–Crippen LogP) is 2.36. The zero-order chi connectivity index (χ0) is 11.4. The minimum Gasteiger partial charge on any atom is -0.313 e. The fourth-order valence-corrected chi connectivity index (χ4v) is 2.80. The Morgan fingerprint density at radius 1 is 1.44 bits per heavy atom. The van der Waals surface area contributed by atoms with E-state index < -0.39 is 0 Å². The molecule has 2 aromatic rings. The average Bonchev–Trinajstić information content (AvgIpc) is 2.82. The van der Waals surface area contributed by atoms with Crippen molar-refractivity contribution in [2.75, 3.05) is 7.05 Å². The summed E-state index contributed by atoms with van der Waals surface area (Å²) in [7, 11) is 1.94. The van der Waals surface area contributed by atoms with Crippen molar-refractivity contribution in [3.63, 3.8) is 0 Å². The number of pyridine rings is 1. The first kappa shape index (κ1) is 11.5. The fraction of sp³-hybridized carbons (Fsp3) is 0.300. The van der Waals surface area contributed by atoms with Crippen LogP contribution in [0, 0.1) is 0 Å². The maximum Gasteiger partial charge on any atom is 0.176 e. The minimum absolute atomic E-state index is 0.282. The third-order valence-electron chi connectivity index (χ3n) is 2.23. The summed E-state index contributed by atoms with van der Waals surface area (Å²) in [5.74, 6) is 0. The van der Waals surface area contributed by atoms with Crippen LogP contribution in [0.15, 0.2) is 34.0 Å². The van der Waals surface area contributed by atoms with Gasteiger partial charge < -0.3 is 5.32 Å². The van der Waals surface area contributed by atoms with E-state index in [0.717, 1.165) is 9.37 Å². The molecular formula is C10H12N4S2. The topological polar surface area (TPSA) is 50.7 Å². The highest BCUT2D eigenvalue weighted by molar-refractivity contribution is 8.00. The third-order valence-corrected chi connectivity index (χ3v) is 3.97. The molecule has 16 heavy (non-hydrogen) atoms. The van der Waals surface area contributed by atoms with Crippen molar-refractivity contribution in [1.82, 2.24) is 19.7 Å². The molecule has 0 aliphatic carbocycles. The van der Waals surface area contributed by atoms with Gasteiger partial charge in [0.2, 0.25) is 0 Å². The second-order valence-electron chi connectivity index (χ2n) is 3.22. The Bertz CT molecular complexity index is 444. The van der Waals surface area contributed by atoms with Gasteiger partial charge in [0.25, 0.3) is 0 Å². The monoisotopic (exact) mass is 252 g/mol. The number of nitrogens with one attached hydrogen (secondary N) is 1. The van der Waals surface area contributed by atoms with Gasteiger partial charge in [0.15, 0.2) is 4.34 Å². The van der Waals surface area contributed by atoms with E-state index in [1.54, 1.807) is 24.3 Å². The van der Waals surface area contributed by atoms with Crippen LogP contribution in [0.3, 0.4) is 0 Å². The van der Waals surface area contributed by atoms with Crippen LogP contribution in [0.25, 0.3) is 0 Å². The van der Waals surface area contributed by atoms with Crippen LogP contribution in [-0.2, 0) is 0 Å². The van der Waals surface area contributed by atoms with E-state index in [1.807, 2.05) is 13.1 Å². The summed E-state index contributed by atoms with van der Waals surface area (Å²) in [5.41, 5.74) is 1.19. The molecule has 0 saturated carbocycles. The van der Waals surface area contributed by atoms with Crippen LogP contribution < -0.4 is 5.32 Å². The molecule has 6 heteroatoms. The highest BCUT2D eigenvalue weighted by Gasteiger charge is 2.11. The Balaban J connectivity index is 2.26. The molecule has 0 bridgehead atoms. The van der Waals surface area contributed by atoms with Crippen LogP contribution in [0.1, 0.15) is 18.5 Å². The van der Waals surface area contributed by atoms with Gasteiger partial charge in [0.1, 0.15) is 11.4 Å². The zero-order valence-corrected chi connectivity index (χ0v) is 10.7. The van der Waals surface area contributed by atoms with Crippen molar-refractivity contribution in [3.8, 4) is 0 Å². The molecule has 2 rings (SSSR count). The lowest BCUT2D eigenvalue weighted by atomic mass is 10.1. The Morgan fingerprint density at radius 2 is 2.31 bits per heavy atom. The smallest absolute Gasteiger partial charge is 0.176 e. The molecule has 4 nitrogen and oxygen atoms in total. The maximum absolute atomic E-state index is 4.38. The van der Waals surface area contributed by atoms with Gasteiger partial charge in [0, 0.05) is 17.8 Å². The first-order valence-electron chi connectivity index (χ1n) is 4.88. The SMILES string of the molecule is CNC(C)c1cccnc1Sc1ncns1. The lowest BCUT2D eigenvalue weighted by Crippen LogP contribution is -2.13. The van der Waals surface area contributed by atoms with E-state index in [4.69, 9.17) is 0 Å². The van der Waals surface area contributed by atoms with Crippen molar-refractivity contribution in [2.24, 2.45) is 0 Å². The van der Waals surface area contributed by atoms with E-state index in [2.05, 4.69) is 32.6 Å². The molecule has 0 radical (unpaired) electrons. The second-order valence-corrected chi connectivity index (χ2v) is 5.23. The quantitative estimate of drug-likeness (QED) is 0.905. The summed E-state index contributed by atoms with van der Waals surface area (Å²) in [4.78, 5) is 8.53. The van der Waals surface area contributed by atoms with Gasteiger partial charge in [-0.25, -0.2) is 9.97 Å². The summed E-state index contributed by atoms with van der Waals surface area (Å²) in [6, 6.07) is 4.31. The highest BCUT2D eigenvalue weighted by atomic mass is 32.2. The second kappa shape index (κ2) is 5.38. The molecule has 0 aliphatic rings. The molecule has 0 saturated heterocycles. The molecule has 0 aliphatic heterocycles. The number of rotatable bonds is 4. The summed E-state index contributed by atoms with van der Waals surface area (Å²) < 4.78 is 4.90. The molecule has 1 unspecified atom stereocenters. The van der Waals surface area contributed by atoms with E-state index >= 15 is 0 Å². The van der Waals surface area contributed by atoms with Gasteiger partial charge in [0.05, 0.1) is 0 Å². The van der Waals surface area contributed by atoms with Gasteiger partial charge in [-0.05, 0) is 43.3 Å². The van der Waals surface area contributed by atoms with Crippen LogP contribution in [0.2, 0.25) is 0 Å². The zero-order valence-electron chi connectivity index (χ0n) is 9.04. The lowest BCUT2D eigenvalue weighted by Gasteiger charge is -2.13. The van der Waals surface area contributed by atoms with Crippen LogP contribution >= 0.6 is 23.3 Å². The van der Waals surface area contributed by atoms with E-state index in [-0.39, 0.29) is 6.04 Å². The Morgan fingerprint density at radius 3 is 3.00 bits per heavy atom. The summed E-state index contributed by atoms with van der Waals surface area (Å²) in [6.45, 7) is 2.11. The molecule has 1 atom stereocenters. The molecule has 2 aromatic heterocycles. The molecule has 0 aromatic carbocycles. The average molecular weight is 252 g/mol. The van der Waals surface area contributed by atoms with Gasteiger partial charge >= 0.3 is 0 Å². The molecule has 0 spiro atoms. The largest absolute Gasteiger partial charge is 0.313 e.